The van der Waals surface area contributed by atoms with Gasteiger partial charge in [-0.1, -0.05) is 32.9 Å². The Morgan fingerprint density at radius 3 is 2.25 bits per heavy atom. The number of aromatic amines is 1. The molecule has 0 saturated carbocycles. The molecule has 16 heavy (non-hydrogen) atoms. The predicted molar refractivity (Wildman–Crippen MR) is 75.4 cm³/mol. The van der Waals surface area contributed by atoms with Crippen molar-refractivity contribution < 1.29 is 0 Å². The summed E-state index contributed by atoms with van der Waals surface area (Å²) in [4.78, 5) is 7.87. The van der Waals surface area contributed by atoms with E-state index in [4.69, 9.17) is 0 Å². The first-order valence-corrected chi connectivity index (χ1v) is 6.36. The molecular weight excluding hydrogens is 311 g/mol. The average molecular weight is 326 g/mol. The Hall–Kier alpha value is -0.840. The third-order valence-corrected chi connectivity index (χ3v) is 3.15. The van der Waals surface area contributed by atoms with Crippen LogP contribution >= 0.6 is 22.6 Å². The summed E-state index contributed by atoms with van der Waals surface area (Å²) in [5.74, 6) is 1.03. The van der Waals surface area contributed by atoms with Gasteiger partial charge in [0, 0.05) is 20.7 Å². The highest BCUT2D eigenvalue weighted by molar-refractivity contribution is 14.1. The lowest BCUT2D eigenvalue weighted by Gasteiger charge is -2.13. The molecule has 0 aliphatic carbocycles. The number of hydrogen-bond donors (Lipinski definition) is 1. The first-order chi connectivity index (χ1) is 7.47. The van der Waals surface area contributed by atoms with E-state index in [1.54, 1.807) is 0 Å². The highest BCUT2D eigenvalue weighted by Crippen LogP contribution is 2.23. The molecule has 0 radical (unpaired) electrons. The summed E-state index contributed by atoms with van der Waals surface area (Å²) in [7, 11) is 0. The molecule has 0 bridgehead atoms. The minimum atomic E-state index is 0.0709. The molecule has 0 spiro atoms. The second-order valence-electron chi connectivity index (χ2n) is 4.89. The first kappa shape index (κ1) is 11.6. The summed E-state index contributed by atoms with van der Waals surface area (Å²) >= 11 is 2.31. The molecule has 0 aliphatic rings. The summed E-state index contributed by atoms with van der Waals surface area (Å²) < 4.78 is 1.24. The van der Waals surface area contributed by atoms with Crippen LogP contribution in [0.3, 0.4) is 0 Å². The van der Waals surface area contributed by atoms with Gasteiger partial charge >= 0.3 is 0 Å². The maximum atomic E-state index is 4.62. The van der Waals surface area contributed by atoms with Gasteiger partial charge in [0.1, 0.15) is 5.82 Å². The van der Waals surface area contributed by atoms with Gasteiger partial charge in [0.2, 0.25) is 0 Å². The van der Waals surface area contributed by atoms with Crippen LogP contribution in [0.1, 0.15) is 26.6 Å². The summed E-state index contributed by atoms with van der Waals surface area (Å²) in [5, 5.41) is 0. The van der Waals surface area contributed by atoms with E-state index in [0.29, 0.717) is 0 Å². The van der Waals surface area contributed by atoms with Gasteiger partial charge in [-0.05, 0) is 34.7 Å². The topological polar surface area (TPSA) is 28.7 Å². The number of hydrogen-bond acceptors (Lipinski definition) is 1. The summed E-state index contributed by atoms with van der Waals surface area (Å²) in [5.41, 5.74) is 2.25. The number of nitrogens with zero attached hydrogens (tertiary/aromatic N) is 1. The van der Waals surface area contributed by atoms with Crippen LogP contribution in [0, 0.1) is 3.57 Å². The number of halogens is 1. The van der Waals surface area contributed by atoms with Crippen LogP contribution < -0.4 is 0 Å². The molecule has 1 N–H and O–H groups in total. The van der Waals surface area contributed by atoms with E-state index in [-0.39, 0.29) is 5.41 Å². The third-order valence-electron chi connectivity index (χ3n) is 2.43. The predicted octanol–water partition coefficient (Wildman–Crippen LogP) is 3.98. The van der Waals surface area contributed by atoms with E-state index < -0.39 is 0 Å². The zero-order valence-corrected chi connectivity index (χ0v) is 11.9. The minimum Gasteiger partial charge on any atom is -0.348 e. The second-order valence-corrected chi connectivity index (χ2v) is 6.14. The number of H-pyrrole nitrogens is 1. The molecule has 0 amide bonds. The van der Waals surface area contributed by atoms with Crippen LogP contribution in [-0.4, -0.2) is 9.97 Å². The molecule has 1 aromatic carbocycles. The van der Waals surface area contributed by atoms with Crippen molar-refractivity contribution in [2.45, 2.75) is 26.2 Å². The van der Waals surface area contributed by atoms with Gasteiger partial charge in [0.25, 0.3) is 0 Å². The highest BCUT2D eigenvalue weighted by Gasteiger charge is 2.17. The van der Waals surface area contributed by atoms with Gasteiger partial charge < -0.3 is 4.98 Å². The van der Waals surface area contributed by atoms with Gasteiger partial charge in [0.15, 0.2) is 0 Å². The van der Waals surface area contributed by atoms with Crippen molar-refractivity contribution in [3.05, 3.63) is 39.9 Å². The number of aromatic nitrogens is 2. The first-order valence-electron chi connectivity index (χ1n) is 5.28. The molecule has 0 atom stereocenters. The molecule has 1 heterocycles. The monoisotopic (exact) mass is 326 g/mol. The van der Waals surface area contributed by atoms with Crippen LogP contribution in [0.2, 0.25) is 0 Å². The van der Waals surface area contributed by atoms with E-state index in [9.17, 15) is 0 Å². The molecule has 0 aliphatic heterocycles. The third kappa shape index (κ3) is 2.45. The van der Waals surface area contributed by atoms with Crippen LogP contribution in [0.5, 0.6) is 0 Å². The van der Waals surface area contributed by atoms with Crippen molar-refractivity contribution in [2.24, 2.45) is 0 Å². The van der Waals surface area contributed by atoms with Crippen molar-refractivity contribution >= 4 is 22.6 Å². The Labute approximate surface area is 110 Å². The fraction of sp³-hybridized carbons (Fsp3) is 0.308. The van der Waals surface area contributed by atoms with Crippen molar-refractivity contribution in [1.82, 2.24) is 9.97 Å². The lowest BCUT2D eigenvalue weighted by molar-refractivity contribution is 0.553. The maximum absolute atomic E-state index is 4.62. The van der Waals surface area contributed by atoms with Crippen molar-refractivity contribution in [2.75, 3.05) is 0 Å². The minimum absolute atomic E-state index is 0.0709. The van der Waals surface area contributed by atoms with E-state index in [1.807, 2.05) is 6.20 Å². The molecule has 2 rings (SSSR count). The van der Waals surface area contributed by atoms with Crippen molar-refractivity contribution in [1.29, 1.82) is 0 Å². The molecule has 2 aromatic rings. The molecule has 0 saturated heterocycles. The van der Waals surface area contributed by atoms with Crippen LogP contribution in [0.4, 0.5) is 0 Å². The largest absolute Gasteiger partial charge is 0.348 e. The zero-order chi connectivity index (χ0) is 11.8. The molecule has 0 unspecified atom stereocenters. The van der Waals surface area contributed by atoms with E-state index in [1.165, 1.54) is 3.57 Å². The van der Waals surface area contributed by atoms with Gasteiger partial charge in [-0.2, -0.15) is 0 Å². The quantitative estimate of drug-likeness (QED) is 0.789. The summed E-state index contributed by atoms with van der Waals surface area (Å²) in [6.45, 7) is 6.47. The lowest BCUT2D eigenvalue weighted by atomic mass is 9.96. The fourth-order valence-electron chi connectivity index (χ4n) is 1.47. The Morgan fingerprint density at radius 2 is 1.75 bits per heavy atom. The zero-order valence-electron chi connectivity index (χ0n) is 9.71. The number of rotatable bonds is 1. The van der Waals surface area contributed by atoms with Crippen LogP contribution in [0.25, 0.3) is 11.3 Å². The van der Waals surface area contributed by atoms with Gasteiger partial charge in [0.05, 0.1) is 5.69 Å². The van der Waals surface area contributed by atoms with E-state index in [0.717, 1.165) is 17.1 Å². The molecular formula is C13H15IN2. The second kappa shape index (κ2) is 4.20. The van der Waals surface area contributed by atoms with Crippen molar-refractivity contribution in [3.63, 3.8) is 0 Å². The summed E-state index contributed by atoms with van der Waals surface area (Å²) in [6.07, 6.45) is 1.97. The molecule has 0 fully saturated rings. The van der Waals surface area contributed by atoms with Crippen molar-refractivity contribution in [3.8, 4) is 11.3 Å². The SMILES string of the molecule is CC(C)(C)c1nc(-c2ccc(I)cc2)c[nH]1. The maximum Gasteiger partial charge on any atom is 0.112 e. The molecule has 84 valence electrons. The smallest absolute Gasteiger partial charge is 0.112 e. The Morgan fingerprint density at radius 1 is 1.12 bits per heavy atom. The number of imidazole rings is 1. The van der Waals surface area contributed by atoms with Crippen LogP contribution in [0.15, 0.2) is 30.5 Å². The lowest BCUT2D eigenvalue weighted by Crippen LogP contribution is -2.13. The van der Waals surface area contributed by atoms with E-state index >= 15 is 0 Å². The normalized spacial score (nSPS) is 11.8. The summed E-state index contributed by atoms with van der Waals surface area (Å²) in [6, 6.07) is 8.40. The Bertz CT molecular complexity index is 477. The fourth-order valence-corrected chi connectivity index (χ4v) is 1.83. The van der Waals surface area contributed by atoms with Gasteiger partial charge in [-0.3, -0.25) is 0 Å². The van der Waals surface area contributed by atoms with Crippen LogP contribution in [-0.2, 0) is 5.41 Å². The Kier molecular flexibility index (Phi) is 3.06. The highest BCUT2D eigenvalue weighted by atomic mass is 127. The molecule has 1 aromatic heterocycles. The Balaban J connectivity index is 2.35. The van der Waals surface area contributed by atoms with Gasteiger partial charge in [-0.15, -0.1) is 0 Å². The number of nitrogens with one attached hydrogen (secondary N) is 1. The molecule has 2 nitrogen and oxygen atoms in total. The average Bonchev–Trinajstić information content (AvgIpc) is 2.67. The standard InChI is InChI=1S/C13H15IN2/c1-13(2,3)12-15-8-11(16-12)9-4-6-10(14)7-5-9/h4-8H,1-3H3,(H,15,16). The van der Waals surface area contributed by atoms with Gasteiger partial charge in [-0.25, -0.2) is 4.98 Å². The number of benzene rings is 1. The molecule has 3 heteroatoms. The van der Waals surface area contributed by atoms with E-state index in [2.05, 4.69) is 77.6 Å².